The van der Waals surface area contributed by atoms with E-state index in [2.05, 4.69) is 51.6 Å². The fourth-order valence-corrected chi connectivity index (χ4v) is 3.86. The van der Waals surface area contributed by atoms with Crippen LogP contribution in [0.3, 0.4) is 0 Å². The highest BCUT2D eigenvalue weighted by Gasteiger charge is 2.24. The molecule has 1 aliphatic rings. The van der Waals surface area contributed by atoms with Crippen LogP contribution in [0.2, 0.25) is 0 Å². The molecule has 1 fully saturated rings. The zero-order valence-corrected chi connectivity index (χ0v) is 15.7. The Labute approximate surface area is 152 Å². The van der Waals surface area contributed by atoms with Crippen LogP contribution in [-0.2, 0) is 0 Å². The topological polar surface area (TPSA) is 44.3 Å². The maximum Gasteiger partial charge on any atom is 0.214 e. The number of nitrogens with zero attached hydrogens (tertiary/aromatic N) is 4. The summed E-state index contributed by atoms with van der Waals surface area (Å²) in [6.45, 7) is 5.40. The lowest BCUT2D eigenvalue weighted by atomic mass is 10.1. The molecule has 1 N–H and O–H groups in total. The minimum atomic E-state index is -0.494. The summed E-state index contributed by atoms with van der Waals surface area (Å²) in [7, 11) is 4.25. The minimum Gasteiger partial charge on any atom is -0.370 e. The van der Waals surface area contributed by atoms with E-state index in [0.29, 0.717) is 11.7 Å². The van der Waals surface area contributed by atoms with E-state index in [0.717, 1.165) is 24.7 Å². The number of rotatable bonds is 6. The van der Waals surface area contributed by atoms with Gasteiger partial charge in [-0.3, -0.25) is 0 Å². The molecule has 1 atom stereocenters. The molecule has 0 aromatic carbocycles. The lowest BCUT2D eigenvalue weighted by molar-refractivity contribution is 0.340. The summed E-state index contributed by atoms with van der Waals surface area (Å²) in [5, 5.41) is 0.844. The Hall–Kier alpha value is -1.86. The van der Waals surface area contributed by atoms with Gasteiger partial charge >= 0.3 is 0 Å². The zero-order valence-electron chi connectivity index (χ0n) is 14.9. The van der Waals surface area contributed by atoms with E-state index in [1.807, 2.05) is 6.20 Å². The van der Waals surface area contributed by atoms with Gasteiger partial charge in [0, 0.05) is 31.6 Å². The quantitative estimate of drug-likeness (QED) is 0.628. The molecule has 0 aliphatic carbocycles. The molecule has 0 unspecified atom stereocenters. The van der Waals surface area contributed by atoms with Crippen LogP contribution in [0.1, 0.15) is 12.0 Å². The summed E-state index contributed by atoms with van der Waals surface area (Å²) >= 11 is 1.34. The molecule has 0 radical (unpaired) electrons. The van der Waals surface area contributed by atoms with E-state index in [1.165, 1.54) is 35.7 Å². The van der Waals surface area contributed by atoms with E-state index < -0.39 is 5.95 Å². The molecule has 2 aromatic rings. The van der Waals surface area contributed by atoms with Gasteiger partial charge in [0.05, 0.1) is 11.9 Å². The van der Waals surface area contributed by atoms with Gasteiger partial charge < -0.3 is 14.5 Å². The minimum absolute atomic E-state index is 0.486. The van der Waals surface area contributed by atoms with Gasteiger partial charge in [-0.15, -0.1) is 0 Å². The number of aromatic nitrogens is 2. The van der Waals surface area contributed by atoms with E-state index in [1.54, 1.807) is 12.1 Å². The first-order chi connectivity index (χ1) is 12.0. The predicted molar refractivity (Wildman–Crippen MR) is 102 cm³/mol. The van der Waals surface area contributed by atoms with Gasteiger partial charge in [0.25, 0.3) is 0 Å². The van der Waals surface area contributed by atoms with E-state index >= 15 is 0 Å². The number of anilines is 2. The van der Waals surface area contributed by atoms with Crippen LogP contribution in [-0.4, -0.2) is 48.6 Å². The van der Waals surface area contributed by atoms with Gasteiger partial charge in [-0.05, 0) is 57.1 Å². The molecule has 5 nitrogen and oxygen atoms in total. The van der Waals surface area contributed by atoms with Crippen LogP contribution in [0, 0.1) is 18.8 Å². The second-order valence-corrected chi connectivity index (χ2v) is 7.55. The van der Waals surface area contributed by atoms with Crippen LogP contribution in [0.4, 0.5) is 15.9 Å². The molecule has 0 saturated carbocycles. The number of pyridine rings is 2. The largest absolute Gasteiger partial charge is 0.370 e. The number of aryl methyl sites for hydroxylation is 1. The van der Waals surface area contributed by atoms with Crippen molar-refractivity contribution in [1.29, 1.82) is 0 Å². The van der Waals surface area contributed by atoms with Crippen molar-refractivity contribution in [2.24, 2.45) is 5.92 Å². The Kier molecular flexibility index (Phi) is 5.75. The van der Waals surface area contributed by atoms with E-state index in [9.17, 15) is 4.39 Å². The second-order valence-electron chi connectivity index (χ2n) is 6.72. The Morgan fingerprint density at radius 1 is 1.40 bits per heavy atom. The Morgan fingerprint density at radius 2 is 2.24 bits per heavy atom. The maximum absolute atomic E-state index is 13.1. The summed E-state index contributed by atoms with van der Waals surface area (Å²) in [5.74, 6) is 0.704. The summed E-state index contributed by atoms with van der Waals surface area (Å²) in [4.78, 5) is 13.0. The molecule has 1 saturated heterocycles. The van der Waals surface area contributed by atoms with Crippen LogP contribution >= 0.6 is 11.9 Å². The first kappa shape index (κ1) is 17.9. The van der Waals surface area contributed by atoms with Crippen molar-refractivity contribution in [2.75, 3.05) is 43.4 Å². The Bertz CT molecular complexity index is 724. The monoisotopic (exact) mass is 361 g/mol. The molecular weight excluding hydrogens is 337 g/mol. The molecule has 0 spiro atoms. The third-order valence-corrected chi connectivity index (χ3v) is 5.03. The fraction of sp³-hybridized carbons (Fsp3) is 0.444. The highest BCUT2D eigenvalue weighted by atomic mass is 32.2. The molecular formula is C18H24FN5S. The van der Waals surface area contributed by atoms with Crippen molar-refractivity contribution in [3.63, 3.8) is 0 Å². The normalized spacial score (nSPS) is 17.3. The van der Waals surface area contributed by atoms with Gasteiger partial charge in [0.15, 0.2) is 0 Å². The molecule has 3 rings (SSSR count). The van der Waals surface area contributed by atoms with Crippen molar-refractivity contribution in [1.82, 2.24) is 14.9 Å². The Morgan fingerprint density at radius 3 is 2.96 bits per heavy atom. The average Bonchev–Trinajstić information content (AvgIpc) is 3.00. The predicted octanol–water partition coefficient (Wildman–Crippen LogP) is 3.43. The smallest absolute Gasteiger partial charge is 0.214 e. The maximum atomic E-state index is 13.1. The molecule has 1 aliphatic heterocycles. The first-order valence-electron chi connectivity index (χ1n) is 8.43. The van der Waals surface area contributed by atoms with Crippen molar-refractivity contribution < 1.29 is 4.39 Å². The number of nitrogens with one attached hydrogen (secondary N) is 1. The second kappa shape index (κ2) is 8.01. The van der Waals surface area contributed by atoms with Crippen LogP contribution in [0.15, 0.2) is 35.5 Å². The molecule has 134 valence electrons. The van der Waals surface area contributed by atoms with Crippen molar-refractivity contribution in [2.45, 2.75) is 18.4 Å². The van der Waals surface area contributed by atoms with Crippen LogP contribution in [0.5, 0.6) is 0 Å². The van der Waals surface area contributed by atoms with Gasteiger partial charge in [0.1, 0.15) is 10.8 Å². The third kappa shape index (κ3) is 4.83. The highest BCUT2D eigenvalue weighted by molar-refractivity contribution is 8.00. The highest BCUT2D eigenvalue weighted by Crippen LogP contribution is 2.29. The van der Waals surface area contributed by atoms with Gasteiger partial charge in [0.2, 0.25) is 5.95 Å². The lowest BCUT2D eigenvalue weighted by Gasteiger charge is -2.22. The lowest BCUT2D eigenvalue weighted by Crippen LogP contribution is -2.26. The fourth-order valence-electron chi connectivity index (χ4n) is 3.20. The zero-order chi connectivity index (χ0) is 17.8. The molecule has 2 aromatic heterocycles. The molecule has 0 amide bonds. The third-order valence-electron chi connectivity index (χ3n) is 4.28. The number of hydrogen-bond donors (Lipinski definition) is 1. The van der Waals surface area contributed by atoms with E-state index in [4.69, 9.17) is 0 Å². The van der Waals surface area contributed by atoms with E-state index in [-0.39, 0.29) is 0 Å². The van der Waals surface area contributed by atoms with Crippen molar-refractivity contribution >= 4 is 23.5 Å². The number of hydrogen-bond acceptors (Lipinski definition) is 6. The standard InChI is InChI=1S/C18H24FN5S/c1-13-9-18(25-22-17-6-4-5-16(19)21-17)20-10-15(13)24-8-7-14(12-24)11-23(2)3/h4-6,9-10,14H,7-8,11-12H2,1-3H3,(H,21,22)/t14-/m0/s1. The number of halogens is 1. The van der Waals surface area contributed by atoms with Gasteiger partial charge in [-0.2, -0.15) is 4.39 Å². The van der Waals surface area contributed by atoms with Crippen molar-refractivity contribution in [3.05, 3.63) is 42.0 Å². The first-order valence-corrected chi connectivity index (χ1v) is 9.24. The van der Waals surface area contributed by atoms with Gasteiger partial charge in [-0.1, -0.05) is 6.07 Å². The molecule has 0 bridgehead atoms. The SMILES string of the molecule is Cc1cc(SNc2cccc(F)n2)ncc1N1CC[C@@H](CN(C)C)C1. The molecule has 3 heterocycles. The summed E-state index contributed by atoms with van der Waals surface area (Å²) in [5.41, 5.74) is 2.41. The summed E-state index contributed by atoms with van der Waals surface area (Å²) in [6, 6.07) is 6.75. The van der Waals surface area contributed by atoms with Crippen LogP contribution in [0.25, 0.3) is 0 Å². The summed E-state index contributed by atoms with van der Waals surface area (Å²) in [6.07, 6.45) is 3.16. The molecule has 7 heteroatoms. The van der Waals surface area contributed by atoms with Crippen molar-refractivity contribution in [3.8, 4) is 0 Å². The van der Waals surface area contributed by atoms with Crippen LogP contribution < -0.4 is 9.62 Å². The summed E-state index contributed by atoms with van der Waals surface area (Å²) < 4.78 is 16.1. The average molecular weight is 361 g/mol. The van der Waals surface area contributed by atoms with Gasteiger partial charge in [-0.25, -0.2) is 9.97 Å². The molecule has 25 heavy (non-hydrogen) atoms. The Balaban J connectivity index is 1.61.